The lowest BCUT2D eigenvalue weighted by Crippen LogP contribution is -2.15. The number of aromatic nitrogens is 11. The number of rotatable bonds is 0. The molecule has 0 aliphatic carbocycles. The maximum atomic E-state index is 4.35. The van der Waals surface area contributed by atoms with Gasteiger partial charge in [0.1, 0.15) is 17.5 Å². The highest BCUT2D eigenvalue weighted by atomic mass is 14.9. The summed E-state index contributed by atoms with van der Waals surface area (Å²) in [7, 11) is 0. The van der Waals surface area contributed by atoms with Crippen LogP contribution >= 0.6 is 0 Å². The van der Waals surface area contributed by atoms with Crippen LogP contribution in [0.2, 0.25) is 0 Å². The third kappa shape index (κ3) is 29.5. The van der Waals surface area contributed by atoms with Crippen molar-refractivity contribution in [1.29, 1.82) is 0 Å². The second-order valence-corrected chi connectivity index (χ2v) is 27.2. The summed E-state index contributed by atoms with van der Waals surface area (Å²) in [5.74, 6) is 2.72. The maximum Gasteiger partial charge on any atom is 0.133 e. The van der Waals surface area contributed by atoms with Gasteiger partial charge in [-0.25, -0.2) is 29.9 Å². The fraction of sp³-hybridized carbons (Fsp3) is 0.537. The van der Waals surface area contributed by atoms with Gasteiger partial charge in [0.05, 0.1) is 22.8 Å². The lowest BCUT2D eigenvalue weighted by Gasteiger charge is -2.18. The van der Waals surface area contributed by atoms with Crippen molar-refractivity contribution in [2.75, 3.05) is 0 Å². The van der Waals surface area contributed by atoms with Gasteiger partial charge < -0.3 is 0 Å². The minimum atomic E-state index is 0. The number of nitrogens with zero attached hydrogens (tertiary/aromatic N) is 11. The first-order chi connectivity index (χ1) is 35.0. The van der Waals surface area contributed by atoms with E-state index in [0.29, 0.717) is 0 Å². The molecule has 0 atom stereocenters. The highest BCUT2D eigenvalue weighted by Gasteiger charge is 2.19. The topological polar surface area (TPSA) is 142 Å². The van der Waals surface area contributed by atoms with E-state index >= 15 is 0 Å². The maximum absolute atomic E-state index is 4.35. The van der Waals surface area contributed by atoms with Crippen molar-refractivity contribution in [2.45, 2.75) is 239 Å². The molecule has 0 aliphatic rings. The van der Waals surface area contributed by atoms with Crippen molar-refractivity contribution in [3.8, 4) is 0 Å². The first kappa shape index (κ1) is 71.8. The van der Waals surface area contributed by atoms with Gasteiger partial charge >= 0.3 is 0 Å². The zero-order valence-corrected chi connectivity index (χ0v) is 53.2. The Balaban J connectivity index is 0.000000885. The van der Waals surface area contributed by atoms with Gasteiger partial charge in [-0.15, -0.1) is 0 Å². The SMILES string of the molecule is C.Cc1ccc(C(C)(C)C)cc1.Cc1ccc(C(C)(C)C)nc1.Cc1cnc(C(C)(C)C)cn1.Cc1cnc(C(C)(C)C)cn1.Cc1cnc(C(C)(C)C)nc1.Cc1cnc(C(C)(C)C)nc1.Cc1cnc(C(C)(C)C)nc1. The Morgan fingerprint density at radius 1 is 0.218 bits per heavy atom. The molecule has 11 heteroatoms. The number of pyridine rings is 1. The second kappa shape index (κ2) is 30.8. The summed E-state index contributed by atoms with van der Waals surface area (Å²) in [6.07, 6.45) is 20.3. The average Bonchev–Trinajstić information content (AvgIpc) is 3.29. The molecule has 0 spiro atoms. The average molecular weight is 1060 g/mol. The Hall–Kier alpha value is -6.23. The molecule has 0 aliphatic heterocycles. The smallest absolute Gasteiger partial charge is 0.133 e. The van der Waals surface area contributed by atoms with E-state index < -0.39 is 0 Å². The first-order valence-electron chi connectivity index (χ1n) is 27.0. The van der Waals surface area contributed by atoms with Crippen LogP contribution in [0.3, 0.4) is 0 Å². The van der Waals surface area contributed by atoms with Crippen LogP contribution in [-0.2, 0) is 37.9 Å². The third-order valence-corrected chi connectivity index (χ3v) is 11.1. The van der Waals surface area contributed by atoms with Gasteiger partial charge in [0.2, 0.25) is 0 Å². The molecule has 6 heterocycles. The van der Waals surface area contributed by atoms with Crippen LogP contribution in [0, 0.1) is 48.5 Å². The Bertz CT molecular complexity index is 2150. The molecule has 7 aromatic rings. The summed E-state index contributed by atoms with van der Waals surface area (Å²) >= 11 is 0. The normalized spacial score (nSPS) is 11.5. The minimum Gasteiger partial charge on any atom is -0.260 e. The Kier molecular flexibility index (Phi) is 28.3. The Labute approximate surface area is 475 Å². The lowest BCUT2D eigenvalue weighted by molar-refractivity contribution is 0.544. The second-order valence-electron chi connectivity index (χ2n) is 27.2. The molecule has 0 saturated heterocycles. The molecule has 7 rings (SSSR count). The van der Waals surface area contributed by atoms with E-state index in [0.717, 1.165) is 62.6 Å². The van der Waals surface area contributed by atoms with Gasteiger partial charge in [-0.05, 0) is 87.8 Å². The van der Waals surface area contributed by atoms with E-state index in [1.165, 1.54) is 16.7 Å². The predicted molar refractivity (Wildman–Crippen MR) is 332 cm³/mol. The van der Waals surface area contributed by atoms with Gasteiger partial charge in [-0.3, -0.25) is 24.9 Å². The summed E-state index contributed by atoms with van der Waals surface area (Å²) in [6, 6.07) is 12.9. The van der Waals surface area contributed by atoms with E-state index in [4.69, 9.17) is 0 Å². The van der Waals surface area contributed by atoms with E-state index in [-0.39, 0.29) is 45.3 Å². The van der Waals surface area contributed by atoms with Crippen molar-refractivity contribution in [1.82, 2.24) is 54.8 Å². The summed E-state index contributed by atoms with van der Waals surface area (Å²) in [5, 5.41) is 0. The number of hydrogen-bond donors (Lipinski definition) is 0. The third-order valence-electron chi connectivity index (χ3n) is 11.1. The largest absolute Gasteiger partial charge is 0.260 e. The molecule has 6 aromatic heterocycles. The van der Waals surface area contributed by atoms with E-state index in [2.05, 4.69) is 250 Å². The van der Waals surface area contributed by atoms with Crippen molar-refractivity contribution >= 4 is 0 Å². The predicted octanol–water partition coefficient (Wildman–Crippen LogP) is 17.0. The van der Waals surface area contributed by atoms with E-state index in [1.54, 1.807) is 12.4 Å². The van der Waals surface area contributed by atoms with Crippen LogP contribution in [0.25, 0.3) is 0 Å². The molecule has 0 fully saturated rings. The lowest BCUT2D eigenvalue weighted by atomic mass is 9.87. The molecule has 11 nitrogen and oxygen atoms in total. The standard InChI is InChI=1S/C11H16.C10H15N.5C9H14N2.CH4/c1-9-5-7-10(8-6-9)11(2,3)4;1-8-5-6-9(11-7-8)10(2,3)4;2*1-7-5-11-8(6-10-7)9(2,3)4;3*1-7-5-10-8(11-6-7)9(2,3)4;/h5-8H,1-4H3;5-7H,1-4H3;5*5-6H,1-4H3;1H4. The van der Waals surface area contributed by atoms with Gasteiger partial charge in [0, 0.05) is 106 Å². The monoisotopic (exact) mass is 1060 g/mol. The van der Waals surface area contributed by atoms with Gasteiger partial charge in [0.25, 0.3) is 0 Å². The molecule has 0 amide bonds. The molecular formula is C67H105N11. The zero-order chi connectivity index (χ0) is 59.4. The van der Waals surface area contributed by atoms with Crippen LogP contribution in [0.1, 0.15) is 232 Å². The molecule has 0 radical (unpaired) electrons. The van der Waals surface area contributed by atoms with Crippen molar-refractivity contribution in [2.24, 2.45) is 0 Å². The van der Waals surface area contributed by atoms with Crippen LogP contribution in [0.15, 0.2) is 105 Å². The highest BCUT2D eigenvalue weighted by Crippen LogP contribution is 2.23. The van der Waals surface area contributed by atoms with Crippen molar-refractivity contribution in [3.63, 3.8) is 0 Å². The van der Waals surface area contributed by atoms with Gasteiger partial charge in [-0.1, -0.05) is 189 Å². The van der Waals surface area contributed by atoms with Crippen molar-refractivity contribution < 1.29 is 0 Å². The zero-order valence-electron chi connectivity index (χ0n) is 53.2. The molecule has 0 saturated carbocycles. The number of aryl methyl sites for hydroxylation is 7. The molecule has 1 aromatic carbocycles. The Morgan fingerprint density at radius 2 is 0.474 bits per heavy atom. The quantitative estimate of drug-likeness (QED) is 0.143. The van der Waals surface area contributed by atoms with Gasteiger partial charge in [0.15, 0.2) is 0 Å². The van der Waals surface area contributed by atoms with Crippen LogP contribution < -0.4 is 0 Å². The molecule has 78 heavy (non-hydrogen) atoms. The molecule has 428 valence electrons. The fourth-order valence-corrected chi connectivity index (χ4v) is 5.86. The van der Waals surface area contributed by atoms with E-state index in [1.807, 2.05) is 90.4 Å². The molecular weight excluding hydrogens is 959 g/mol. The van der Waals surface area contributed by atoms with Crippen LogP contribution in [0.4, 0.5) is 0 Å². The number of hydrogen-bond acceptors (Lipinski definition) is 11. The minimum absolute atomic E-state index is 0. The summed E-state index contributed by atoms with van der Waals surface area (Å²) in [5.41, 5.74) is 13.3. The summed E-state index contributed by atoms with van der Waals surface area (Å²) < 4.78 is 0. The fourth-order valence-electron chi connectivity index (χ4n) is 5.86. The van der Waals surface area contributed by atoms with Crippen LogP contribution in [0.5, 0.6) is 0 Å². The molecule has 0 unspecified atom stereocenters. The molecule has 0 bridgehead atoms. The summed E-state index contributed by atoms with van der Waals surface area (Å²) in [4.78, 5) is 46.7. The molecule has 0 N–H and O–H groups in total. The first-order valence-corrected chi connectivity index (χ1v) is 27.0. The van der Waals surface area contributed by atoms with E-state index in [9.17, 15) is 0 Å². The Morgan fingerprint density at radius 3 is 0.679 bits per heavy atom. The van der Waals surface area contributed by atoms with Crippen LogP contribution in [-0.4, -0.2) is 54.8 Å². The number of benzene rings is 1. The van der Waals surface area contributed by atoms with Crippen molar-refractivity contribution in [3.05, 3.63) is 184 Å². The summed E-state index contributed by atoms with van der Waals surface area (Å²) in [6.45, 7) is 59.0. The van der Waals surface area contributed by atoms with Gasteiger partial charge in [-0.2, -0.15) is 0 Å². The highest BCUT2D eigenvalue weighted by molar-refractivity contribution is 5.26.